The van der Waals surface area contributed by atoms with Gasteiger partial charge in [-0.25, -0.2) is 24.7 Å². The first-order valence-electron chi connectivity index (χ1n) is 44.4. The number of aromatic nitrogens is 16. The van der Waals surface area contributed by atoms with Crippen molar-refractivity contribution in [3.63, 3.8) is 0 Å². The van der Waals surface area contributed by atoms with Gasteiger partial charge in [-0.2, -0.15) is 19.9 Å². The van der Waals surface area contributed by atoms with E-state index < -0.39 is 65.0 Å². The van der Waals surface area contributed by atoms with Crippen LogP contribution in [-0.2, 0) is 161 Å². The number of aryl methyl sites for hydroxylation is 4. The van der Waals surface area contributed by atoms with Gasteiger partial charge in [0.1, 0.15) is 70.4 Å². The molecule has 54 heteroatoms. The molecule has 3 aliphatic heterocycles. The number of anilines is 4. The number of imidazole rings is 4. The number of nitrogen functional groups attached to an aromatic ring is 4. The third kappa shape index (κ3) is 30.6. The van der Waals surface area contributed by atoms with Gasteiger partial charge in [0.2, 0.25) is 23.8 Å². The van der Waals surface area contributed by atoms with Crippen LogP contribution in [-0.4, -0.2) is 161 Å². The van der Waals surface area contributed by atoms with E-state index in [-0.39, 0.29) is 225 Å². The van der Waals surface area contributed by atoms with Crippen molar-refractivity contribution >= 4 is 98.8 Å². The lowest BCUT2D eigenvalue weighted by molar-refractivity contribution is 0.114. The summed E-state index contributed by atoms with van der Waals surface area (Å²) in [5.41, 5.74) is 30.3. The molecular formula is C91H110N20O30P4. The second-order valence-electron chi connectivity index (χ2n) is 32.5. The molecule has 4 aromatic carbocycles. The van der Waals surface area contributed by atoms with Gasteiger partial charge in [0.25, 0.3) is 40.1 Å². The molecule has 0 saturated heterocycles. The molecule has 0 bridgehead atoms. The highest BCUT2D eigenvalue weighted by Crippen LogP contribution is 2.54. The van der Waals surface area contributed by atoms with Gasteiger partial charge in [-0.3, -0.25) is 75.5 Å². The first-order valence-corrected chi connectivity index (χ1v) is 51.4. The number of nitrogens with two attached hydrogens (primary N) is 4. The SMILES string of the molecule is C.C=C1OC(C)=C(COP(=O)(COCCn2cnc3c(=O)[nH]c(N)nc32)OCc2ccc(C)cc2)O1.C=C1OC(CO)=C(COP(=O)(COCCn2cnc3c(=O)[nH]c(N)nc32)OCc2ccc(C)cc2)O1.C=C1OC=C(COP(=O)(COCCn2cnc3c(=O)[nH]c(N)nc32)OCc2ccc(C)cc2)O1.Cc1ccc(COP(=O)(COCCn2cnc3c(=O)[nH]c(N)nc32)OCc2oc(=O)oc2C2CCCC2)cc1. The number of nitrogens with one attached hydrogen (secondary N) is 4. The predicted octanol–water partition coefficient (Wildman–Crippen LogP) is 12.5. The van der Waals surface area contributed by atoms with Crippen LogP contribution in [0.2, 0.25) is 0 Å². The Bertz CT molecular complexity index is 7360. The van der Waals surface area contributed by atoms with Gasteiger partial charge in [-0.05, 0) is 89.5 Å². The van der Waals surface area contributed by atoms with E-state index in [0.29, 0.717) is 45.6 Å². The highest BCUT2D eigenvalue weighted by Gasteiger charge is 2.36. The number of fused-ring (bicyclic) bond motifs is 4. The van der Waals surface area contributed by atoms with Crippen LogP contribution < -0.4 is 51.0 Å². The van der Waals surface area contributed by atoms with E-state index in [4.69, 9.17) is 115 Å². The van der Waals surface area contributed by atoms with Crippen LogP contribution in [0.4, 0.5) is 23.8 Å². The fourth-order valence-electron chi connectivity index (χ4n) is 13.9. The van der Waals surface area contributed by atoms with Crippen LogP contribution in [0.25, 0.3) is 44.7 Å². The largest absolute Gasteiger partial charge is 0.519 e. The number of benzene rings is 4. The van der Waals surface area contributed by atoms with E-state index in [1.165, 1.54) is 31.6 Å². The smallest absolute Gasteiger partial charge is 0.431 e. The third-order valence-electron chi connectivity index (χ3n) is 21.4. The molecule has 12 heterocycles. The molecule has 1 fully saturated rings. The lowest BCUT2D eigenvalue weighted by Crippen LogP contribution is -2.13. The summed E-state index contributed by atoms with van der Waals surface area (Å²) in [6.07, 6.45) is 9.61. The second kappa shape index (κ2) is 50.1. The average molecular weight is 2090 g/mol. The summed E-state index contributed by atoms with van der Waals surface area (Å²) >= 11 is 0. The Morgan fingerprint density at radius 1 is 0.393 bits per heavy atom. The van der Waals surface area contributed by atoms with Crippen molar-refractivity contribution in [1.29, 1.82) is 0 Å². The van der Waals surface area contributed by atoms with Gasteiger partial charge < -0.3 is 121 Å². The summed E-state index contributed by atoms with van der Waals surface area (Å²) in [4.78, 5) is 102. The summed E-state index contributed by atoms with van der Waals surface area (Å²) in [6.45, 7) is 20.6. The Kier molecular flexibility index (Phi) is 37.4. The summed E-state index contributed by atoms with van der Waals surface area (Å²) in [6, 6.07) is 30.4. The third-order valence-corrected chi connectivity index (χ3v) is 27.6. The van der Waals surface area contributed by atoms with Crippen LogP contribution >= 0.6 is 30.4 Å². The fourth-order valence-corrected chi connectivity index (χ4v) is 18.9. The Morgan fingerprint density at radius 3 is 1.01 bits per heavy atom. The van der Waals surface area contributed by atoms with E-state index in [1.54, 1.807) is 25.2 Å². The Balaban J connectivity index is 0.000000162. The van der Waals surface area contributed by atoms with Gasteiger partial charge in [0.05, 0.1) is 78.2 Å². The van der Waals surface area contributed by atoms with E-state index in [9.17, 15) is 47.3 Å². The van der Waals surface area contributed by atoms with Gasteiger partial charge in [-0.1, -0.05) is 140 Å². The van der Waals surface area contributed by atoms with E-state index in [2.05, 4.69) is 79.5 Å². The van der Waals surface area contributed by atoms with Gasteiger partial charge in [0, 0.05) is 32.1 Å². The highest BCUT2D eigenvalue weighted by atomic mass is 31.2. The number of ether oxygens (including phenoxy) is 10. The number of hydrogen-bond donors (Lipinski definition) is 9. The molecule has 1 aliphatic carbocycles. The molecule has 4 atom stereocenters. The summed E-state index contributed by atoms with van der Waals surface area (Å²) in [5, 5.41) is 9.41. The molecule has 17 rings (SSSR count). The topological polar surface area (TPSA) is 656 Å². The zero-order valence-corrected chi connectivity index (χ0v) is 82.3. The first-order chi connectivity index (χ1) is 69.1. The van der Waals surface area contributed by atoms with Crippen molar-refractivity contribution in [3.05, 3.63) is 303 Å². The van der Waals surface area contributed by atoms with E-state index in [0.717, 1.165) is 70.2 Å². The fraction of sp³-hybridized carbons (Fsp3) is 0.352. The van der Waals surface area contributed by atoms with E-state index >= 15 is 0 Å². The summed E-state index contributed by atoms with van der Waals surface area (Å²) in [7, 11) is -15.0. The zero-order chi connectivity index (χ0) is 102. The molecule has 4 unspecified atom stereocenters. The summed E-state index contributed by atoms with van der Waals surface area (Å²) < 4.78 is 170. The van der Waals surface area contributed by atoms with Crippen LogP contribution in [0.3, 0.4) is 0 Å². The molecule has 4 aliphatic rings. The number of allylic oxidation sites excluding steroid dienone is 1. The van der Waals surface area contributed by atoms with Crippen molar-refractivity contribution < 1.29 is 116 Å². The number of hydrogen-bond acceptors (Lipinski definition) is 42. The van der Waals surface area contributed by atoms with Crippen LogP contribution in [0.15, 0.2) is 228 Å². The lowest BCUT2D eigenvalue weighted by Gasteiger charge is -2.19. The Hall–Kier alpha value is -13.9. The number of rotatable bonds is 46. The van der Waals surface area contributed by atoms with Crippen molar-refractivity contribution in [1.82, 2.24) is 78.1 Å². The number of aliphatic hydroxyl groups is 1. The number of aliphatic hydroxyl groups excluding tert-OH is 1. The zero-order valence-electron chi connectivity index (χ0n) is 78.8. The Morgan fingerprint density at radius 2 is 0.697 bits per heavy atom. The molecule has 0 amide bonds. The maximum atomic E-state index is 13.7. The molecule has 9 aromatic heterocycles. The van der Waals surface area contributed by atoms with Crippen molar-refractivity contribution in [2.45, 2.75) is 133 Å². The maximum Gasteiger partial charge on any atom is 0.519 e. The van der Waals surface area contributed by atoms with Crippen molar-refractivity contribution in [3.8, 4) is 0 Å². The molecule has 50 nitrogen and oxygen atoms in total. The van der Waals surface area contributed by atoms with Gasteiger partial charge >= 0.3 is 36.2 Å². The minimum Gasteiger partial charge on any atom is -0.431 e. The number of H-pyrrole nitrogens is 4. The minimum atomic E-state index is -3.82. The van der Waals surface area contributed by atoms with Crippen LogP contribution in [0, 0.1) is 27.7 Å². The molecule has 145 heavy (non-hydrogen) atoms. The standard InChI is InChI=1S/C25H30N5O8P.C22H26N5O8P.C22H26N5O7P.C21H24N5O7P.CH4/c1-16-6-8-17(9-7-16)12-35-39(33,36-13-19-21(38-25(32)37-19)18-4-2-3-5-18)15-34-11-10-30-14-27-20-22(30)28-24(26)29-23(20)31;1-14-3-5-16(6-4-14)10-32-36(30,33-11-18-17(9-28)34-15(2)35-18)13-31-8-7-27-12-24-19-20(27)25-22(23)26-21(19)29;1-14-4-6-17(7-5-14)10-31-35(29,32-11-18-15(2)33-16(3)34-18)13-30-9-8-27-12-24-19-20(27)25-22(23)26-21(19)28;1-14-3-5-16(6-4-14)9-31-34(28,32-11-17-10-30-15(2)33-17)13-29-8-7-26-12-23-18-19(26)24-21(22)25-20(18)27;/h6-9,14,18H,2-5,10-13,15H2,1H3,(H3,26,28,29,31);3-6,12,28H,2,7-11,13H2,1H3,(H3,23,25,26,29);4-7,12H,3,8-11,13H2,1-2H3,(H3,23,25,26,28);3-6,10,12H,2,7-9,11,13H2,1H3,(H3,22,24,25,27);1H4. The molecule has 1 saturated carbocycles. The highest BCUT2D eigenvalue weighted by molar-refractivity contribution is 7.54. The average Bonchev–Trinajstić information content (AvgIpc) is 1.67. The maximum absolute atomic E-state index is 13.7. The Labute approximate surface area is 825 Å². The first kappa shape index (κ1) is 108. The number of nitrogens with zero attached hydrogens (tertiary/aromatic N) is 12. The summed E-state index contributed by atoms with van der Waals surface area (Å²) in [5.74, 6) is 1.39. The lowest BCUT2D eigenvalue weighted by atomic mass is 10.0. The van der Waals surface area contributed by atoms with Crippen molar-refractivity contribution in [2.24, 2.45) is 0 Å². The monoisotopic (exact) mass is 2090 g/mol. The van der Waals surface area contributed by atoms with Crippen LogP contribution in [0.1, 0.15) is 102 Å². The molecular weight excluding hydrogens is 1980 g/mol. The predicted molar refractivity (Wildman–Crippen MR) is 524 cm³/mol. The van der Waals surface area contributed by atoms with Crippen LogP contribution in [0.5, 0.6) is 0 Å². The molecule has 0 radical (unpaired) electrons. The van der Waals surface area contributed by atoms with E-state index in [1.807, 2.05) is 125 Å². The molecule has 13 N–H and O–H groups in total. The molecule has 13 aromatic rings. The molecule has 774 valence electrons. The minimum absolute atomic E-state index is 0. The van der Waals surface area contributed by atoms with Gasteiger partial charge in [-0.15, -0.1) is 0 Å². The van der Waals surface area contributed by atoms with Gasteiger partial charge in [0.15, 0.2) is 79.2 Å². The normalized spacial score (nSPS) is 15.2. The quantitative estimate of drug-likeness (QED) is 0.0126. The number of aromatic amines is 4. The van der Waals surface area contributed by atoms with Crippen molar-refractivity contribution in [2.75, 3.05) is 101 Å². The molecule has 0 spiro atoms. The second-order valence-corrected chi connectivity index (χ2v) is 40.5.